The van der Waals surface area contributed by atoms with E-state index < -0.39 is 11.9 Å². The van der Waals surface area contributed by atoms with Crippen molar-refractivity contribution in [3.63, 3.8) is 0 Å². The molecule has 0 atom stereocenters. The molecule has 7 nitrogen and oxygen atoms in total. The van der Waals surface area contributed by atoms with Crippen LogP contribution in [0.15, 0.2) is 54.1 Å². The number of nitrogens with zero attached hydrogens (tertiary/aromatic N) is 2. The molecule has 3 amide bonds. The van der Waals surface area contributed by atoms with Gasteiger partial charge in [-0.05, 0) is 49.9 Å². The van der Waals surface area contributed by atoms with Gasteiger partial charge in [0, 0.05) is 23.3 Å². The van der Waals surface area contributed by atoms with Gasteiger partial charge in [0.2, 0.25) is 0 Å². The maximum Gasteiger partial charge on any atom is 0.333 e. The Morgan fingerprint density at radius 1 is 1.10 bits per heavy atom. The van der Waals surface area contributed by atoms with Crippen LogP contribution in [-0.2, 0) is 4.79 Å². The van der Waals surface area contributed by atoms with Crippen molar-refractivity contribution >= 4 is 28.8 Å². The van der Waals surface area contributed by atoms with E-state index in [9.17, 15) is 14.9 Å². The van der Waals surface area contributed by atoms with Crippen LogP contribution in [0.5, 0.6) is 0 Å². The monoisotopic (exact) mass is 401 g/mol. The maximum absolute atomic E-state index is 12.3. The molecule has 0 aliphatic heterocycles. The highest BCUT2D eigenvalue weighted by Gasteiger charge is 2.15. The predicted octanol–water partition coefficient (Wildman–Crippen LogP) is 3.50. The lowest BCUT2D eigenvalue weighted by molar-refractivity contribution is -0.117. The Balaban J connectivity index is 1.95. The van der Waals surface area contributed by atoms with Gasteiger partial charge < -0.3 is 9.88 Å². The summed E-state index contributed by atoms with van der Waals surface area (Å²) < 4.78 is 2.11. The molecule has 3 N–H and O–H groups in total. The largest absolute Gasteiger partial charge is 0.337 e. The van der Waals surface area contributed by atoms with Crippen molar-refractivity contribution in [1.29, 1.82) is 5.26 Å². The molecule has 3 rings (SSSR count). The third kappa shape index (κ3) is 4.18. The summed E-state index contributed by atoms with van der Waals surface area (Å²) >= 11 is 0. The van der Waals surface area contributed by atoms with Gasteiger partial charge in [0.25, 0.3) is 5.91 Å². The maximum atomic E-state index is 12.3. The molecule has 0 saturated heterocycles. The third-order valence-corrected chi connectivity index (χ3v) is 4.77. The van der Waals surface area contributed by atoms with Crippen molar-refractivity contribution in [2.45, 2.75) is 20.8 Å². The topological polar surface area (TPSA) is 99.0 Å². The van der Waals surface area contributed by atoms with Crippen LogP contribution in [0.25, 0.3) is 22.5 Å². The summed E-state index contributed by atoms with van der Waals surface area (Å²) in [5.74, 6) is -0.682. The van der Waals surface area contributed by atoms with Crippen molar-refractivity contribution in [1.82, 2.24) is 20.7 Å². The first-order chi connectivity index (χ1) is 14.5. The number of aryl methyl sites for hydroxylation is 1. The summed E-state index contributed by atoms with van der Waals surface area (Å²) in [7, 11) is 0. The van der Waals surface area contributed by atoms with Crippen LogP contribution in [0, 0.1) is 25.2 Å². The van der Waals surface area contributed by atoms with E-state index in [2.05, 4.69) is 38.9 Å². The van der Waals surface area contributed by atoms with Crippen LogP contribution in [-0.4, -0.2) is 23.1 Å². The van der Waals surface area contributed by atoms with E-state index in [-0.39, 0.29) is 5.57 Å². The van der Waals surface area contributed by atoms with Crippen LogP contribution in [0.3, 0.4) is 0 Å². The lowest BCUT2D eigenvalue weighted by atomic mass is 10.1. The Morgan fingerprint density at radius 3 is 2.57 bits per heavy atom. The zero-order chi connectivity index (χ0) is 21.7. The second kappa shape index (κ2) is 8.97. The van der Waals surface area contributed by atoms with Gasteiger partial charge in [-0.2, -0.15) is 5.26 Å². The van der Waals surface area contributed by atoms with E-state index in [0.29, 0.717) is 6.54 Å². The number of fused-ring (bicyclic) bond motifs is 1. The molecule has 0 unspecified atom stereocenters. The fraction of sp³-hybridized carbons (Fsp3) is 0.174. The zero-order valence-corrected chi connectivity index (χ0v) is 17.1. The van der Waals surface area contributed by atoms with Crippen LogP contribution >= 0.6 is 0 Å². The lowest BCUT2D eigenvalue weighted by Gasteiger charge is -2.13. The zero-order valence-electron chi connectivity index (χ0n) is 17.1. The minimum Gasteiger partial charge on any atom is -0.337 e. The molecule has 0 radical (unpaired) electrons. The second-order valence-electron chi connectivity index (χ2n) is 6.77. The van der Waals surface area contributed by atoms with E-state index >= 15 is 0 Å². The fourth-order valence-electron chi connectivity index (χ4n) is 3.40. The molecule has 0 saturated carbocycles. The molecule has 1 heterocycles. The highest BCUT2D eigenvalue weighted by atomic mass is 16.2. The number of aromatic nitrogens is 1. The molecule has 7 heteroatoms. The number of amides is 3. The first-order valence-corrected chi connectivity index (χ1v) is 9.59. The number of hydrogen-bond donors (Lipinski definition) is 3. The number of rotatable bonds is 4. The van der Waals surface area contributed by atoms with Crippen molar-refractivity contribution in [2.24, 2.45) is 0 Å². The first-order valence-electron chi connectivity index (χ1n) is 9.59. The van der Waals surface area contributed by atoms with Crippen molar-refractivity contribution in [3.05, 3.63) is 71.1 Å². The highest BCUT2D eigenvalue weighted by Crippen LogP contribution is 2.28. The minimum atomic E-state index is -0.682. The smallest absolute Gasteiger partial charge is 0.333 e. The van der Waals surface area contributed by atoms with Crippen molar-refractivity contribution in [3.8, 4) is 11.8 Å². The van der Waals surface area contributed by atoms with Crippen molar-refractivity contribution in [2.75, 3.05) is 6.54 Å². The Labute approximate surface area is 175 Å². The van der Waals surface area contributed by atoms with Gasteiger partial charge in [-0.25, -0.2) is 10.2 Å². The summed E-state index contributed by atoms with van der Waals surface area (Å²) in [6.07, 6.45) is 1.53. The number of carbonyl (C=O) groups is 2. The molecule has 152 valence electrons. The molecule has 1 aromatic heterocycles. The second-order valence-corrected chi connectivity index (χ2v) is 6.77. The van der Waals surface area contributed by atoms with Gasteiger partial charge in [0.05, 0.1) is 5.69 Å². The number of urea groups is 1. The standard InChI is InChI=1S/C23H23N5O2/c1-4-25-23(30)27-26-22(29)19(14-24)13-18-12-15(2)28(16(18)3)21-11-7-9-17-8-5-6-10-20(17)21/h5-13H,4H2,1-3H3,(H,26,29)(H2,25,27,30). The molecule has 0 aliphatic carbocycles. The predicted molar refractivity (Wildman–Crippen MR) is 117 cm³/mol. The average Bonchev–Trinajstić information content (AvgIpc) is 3.02. The van der Waals surface area contributed by atoms with E-state index in [1.165, 1.54) is 6.08 Å². The highest BCUT2D eigenvalue weighted by molar-refractivity contribution is 6.02. The van der Waals surface area contributed by atoms with E-state index in [0.717, 1.165) is 33.4 Å². The Morgan fingerprint density at radius 2 is 1.83 bits per heavy atom. The molecular weight excluding hydrogens is 378 g/mol. The molecule has 3 aromatic rings. The molecule has 0 aliphatic rings. The summed E-state index contributed by atoms with van der Waals surface area (Å²) in [4.78, 5) is 23.7. The minimum absolute atomic E-state index is 0.107. The summed E-state index contributed by atoms with van der Waals surface area (Å²) in [6.45, 7) is 6.10. The summed E-state index contributed by atoms with van der Waals surface area (Å²) in [5.41, 5.74) is 8.01. The number of benzene rings is 2. The number of hydrogen-bond acceptors (Lipinski definition) is 3. The van der Waals surface area contributed by atoms with Gasteiger partial charge in [0.1, 0.15) is 11.6 Å². The molecule has 0 spiro atoms. The third-order valence-electron chi connectivity index (χ3n) is 4.77. The Bertz CT molecular complexity index is 1180. The van der Waals surface area contributed by atoms with E-state index in [1.54, 1.807) is 6.92 Å². The lowest BCUT2D eigenvalue weighted by Crippen LogP contribution is -2.47. The van der Waals surface area contributed by atoms with Gasteiger partial charge in [-0.15, -0.1) is 0 Å². The molecular formula is C23H23N5O2. The number of nitriles is 1. The Kier molecular flexibility index (Phi) is 6.18. The van der Waals surface area contributed by atoms with Gasteiger partial charge >= 0.3 is 6.03 Å². The number of carbonyl (C=O) groups excluding carboxylic acids is 2. The van der Waals surface area contributed by atoms with E-state index in [1.807, 2.05) is 50.2 Å². The van der Waals surface area contributed by atoms with E-state index in [4.69, 9.17) is 0 Å². The first kappa shape index (κ1) is 20.7. The molecule has 30 heavy (non-hydrogen) atoms. The van der Waals surface area contributed by atoms with Crippen LogP contribution < -0.4 is 16.2 Å². The number of nitrogens with one attached hydrogen (secondary N) is 3. The van der Waals surface area contributed by atoms with Crippen molar-refractivity contribution < 1.29 is 9.59 Å². The molecule has 0 bridgehead atoms. The number of hydrazine groups is 1. The van der Waals surface area contributed by atoms with Crippen LogP contribution in [0.2, 0.25) is 0 Å². The van der Waals surface area contributed by atoms with Gasteiger partial charge in [-0.1, -0.05) is 36.4 Å². The molecule has 0 fully saturated rings. The molecule has 2 aromatic carbocycles. The van der Waals surface area contributed by atoms with Gasteiger partial charge in [0.15, 0.2) is 0 Å². The SMILES string of the molecule is CCNC(=O)NNC(=O)C(C#N)=Cc1cc(C)n(-c2cccc3ccccc23)c1C. The Hall–Kier alpha value is -4.05. The normalized spacial score (nSPS) is 11.1. The van der Waals surface area contributed by atoms with Crippen LogP contribution in [0.1, 0.15) is 23.9 Å². The quantitative estimate of drug-likeness (QED) is 0.354. The van der Waals surface area contributed by atoms with Gasteiger partial charge in [-0.3, -0.25) is 10.2 Å². The summed E-state index contributed by atoms with van der Waals surface area (Å²) in [5, 5.41) is 14.2. The fourth-order valence-corrected chi connectivity index (χ4v) is 3.40. The average molecular weight is 401 g/mol. The van der Waals surface area contributed by atoms with Crippen LogP contribution in [0.4, 0.5) is 4.79 Å². The summed E-state index contributed by atoms with van der Waals surface area (Å²) in [6, 6.07) is 17.5.